The van der Waals surface area contributed by atoms with E-state index in [0.717, 1.165) is 29.6 Å². The first-order valence-corrected chi connectivity index (χ1v) is 7.01. The lowest BCUT2D eigenvalue weighted by molar-refractivity contribution is 0.809. The molecule has 1 aromatic rings. The summed E-state index contributed by atoms with van der Waals surface area (Å²) in [6, 6.07) is 6.02. The Kier molecular flexibility index (Phi) is 10.1. The summed E-state index contributed by atoms with van der Waals surface area (Å²) in [5.41, 5.74) is 2.06. The smallest absolute Gasteiger partial charge is 0.191 e. The molecule has 0 fully saturated rings. The molecule has 4 nitrogen and oxygen atoms in total. The SMILES string of the molecule is CN=C(NCCSC)NCc1cccc(C)n1.I. The van der Waals surface area contributed by atoms with Crippen molar-refractivity contribution in [3.05, 3.63) is 29.6 Å². The number of hydrogen-bond acceptors (Lipinski definition) is 3. The molecule has 0 bridgehead atoms. The zero-order valence-corrected chi connectivity index (χ0v) is 14.2. The summed E-state index contributed by atoms with van der Waals surface area (Å²) < 4.78 is 0. The van der Waals surface area contributed by atoms with Crippen molar-refractivity contribution in [1.29, 1.82) is 0 Å². The first-order valence-electron chi connectivity index (χ1n) is 5.62. The van der Waals surface area contributed by atoms with Crippen LogP contribution >= 0.6 is 35.7 Å². The number of hydrogen-bond donors (Lipinski definition) is 2. The van der Waals surface area contributed by atoms with Gasteiger partial charge in [0.15, 0.2) is 5.96 Å². The van der Waals surface area contributed by atoms with E-state index in [4.69, 9.17) is 0 Å². The van der Waals surface area contributed by atoms with E-state index in [9.17, 15) is 0 Å². The van der Waals surface area contributed by atoms with E-state index in [1.54, 1.807) is 7.05 Å². The lowest BCUT2D eigenvalue weighted by Gasteiger charge is -2.11. The Bertz CT molecular complexity index is 371. The monoisotopic (exact) mass is 380 g/mol. The van der Waals surface area contributed by atoms with Crippen molar-refractivity contribution in [2.75, 3.05) is 25.6 Å². The van der Waals surface area contributed by atoms with Crippen LogP contribution in [-0.2, 0) is 6.54 Å². The summed E-state index contributed by atoms with van der Waals surface area (Å²) in [4.78, 5) is 8.58. The largest absolute Gasteiger partial charge is 0.356 e. The van der Waals surface area contributed by atoms with Gasteiger partial charge in [0.25, 0.3) is 0 Å². The van der Waals surface area contributed by atoms with Crippen molar-refractivity contribution in [1.82, 2.24) is 15.6 Å². The van der Waals surface area contributed by atoms with Gasteiger partial charge in [0.05, 0.1) is 12.2 Å². The average molecular weight is 380 g/mol. The highest BCUT2D eigenvalue weighted by Gasteiger charge is 1.98. The van der Waals surface area contributed by atoms with Crippen LogP contribution in [0.1, 0.15) is 11.4 Å². The zero-order chi connectivity index (χ0) is 12.5. The molecule has 0 saturated heterocycles. The number of nitrogens with zero attached hydrogens (tertiary/aromatic N) is 2. The molecule has 0 aromatic carbocycles. The number of aliphatic imine (C=N–C) groups is 1. The molecule has 0 aliphatic carbocycles. The van der Waals surface area contributed by atoms with Crippen LogP contribution in [0.25, 0.3) is 0 Å². The number of halogens is 1. The fourth-order valence-corrected chi connectivity index (χ4v) is 1.67. The minimum Gasteiger partial charge on any atom is -0.356 e. The maximum Gasteiger partial charge on any atom is 0.191 e. The van der Waals surface area contributed by atoms with Crippen LogP contribution in [0.2, 0.25) is 0 Å². The molecule has 0 spiro atoms. The Morgan fingerprint density at radius 3 is 2.78 bits per heavy atom. The summed E-state index contributed by atoms with van der Waals surface area (Å²) in [7, 11) is 1.78. The quantitative estimate of drug-likeness (QED) is 0.355. The molecule has 2 N–H and O–H groups in total. The molecule has 0 radical (unpaired) electrons. The van der Waals surface area contributed by atoms with Gasteiger partial charge in [-0.2, -0.15) is 11.8 Å². The Morgan fingerprint density at radius 1 is 1.39 bits per heavy atom. The second kappa shape index (κ2) is 10.4. The van der Waals surface area contributed by atoms with Crippen molar-refractivity contribution >= 4 is 41.7 Å². The van der Waals surface area contributed by atoms with Crippen molar-refractivity contribution < 1.29 is 0 Å². The normalized spacial score (nSPS) is 10.7. The first-order chi connectivity index (χ1) is 8.26. The van der Waals surface area contributed by atoms with Gasteiger partial charge in [-0.25, -0.2) is 0 Å². The number of nitrogens with one attached hydrogen (secondary N) is 2. The van der Waals surface area contributed by atoms with Crippen LogP contribution in [0, 0.1) is 6.92 Å². The minimum atomic E-state index is 0. The van der Waals surface area contributed by atoms with Crippen LogP contribution in [0.5, 0.6) is 0 Å². The lowest BCUT2D eigenvalue weighted by Crippen LogP contribution is -2.38. The molecule has 0 atom stereocenters. The lowest BCUT2D eigenvalue weighted by atomic mass is 10.3. The summed E-state index contributed by atoms with van der Waals surface area (Å²) in [5.74, 6) is 1.89. The Labute approximate surface area is 130 Å². The van der Waals surface area contributed by atoms with Crippen LogP contribution in [0.15, 0.2) is 23.2 Å². The number of guanidine groups is 1. The van der Waals surface area contributed by atoms with E-state index < -0.39 is 0 Å². The van der Waals surface area contributed by atoms with Gasteiger partial charge >= 0.3 is 0 Å². The third-order valence-electron chi connectivity index (χ3n) is 2.21. The molecule has 102 valence electrons. The average Bonchev–Trinajstić information content (AvgIpc) is 2.34. The number of rotatable bonds is 5. The highest BCUT2D eigenvalue weighted by atomic mass is 127. The third kappa shape index (κ3) is 7.05. The molecule has 0 saturated carbocycles. The zero-order valence-electron chi connectivity index (χ0n) is 11.1. The van der Waals surface area contributed by atoms with E-state index >= 15 is 0 Å². The maximum absolute atomic E-state index is 4.43. The molecular formula is C12H21IN4S. The Hall–Kier alpha value is -0.500. The van der Waals surface area contributed by atoms with Crippen molar-refractivity contribution in [2.24, 2.45) is 4.99 Å². The molecule has 0 aliphatic rings. The van der Waals surface area contributed by atoms with E-state index in [-0.39, 0.29) is 24.0 Å². The van der Waals surface area contributed by atoms with Crippen LogP contribution in [0.4, 0.5) is 0 Å². The Morgan fingerprint density at radius 2 is 2.17 bits per heavy atom. The van der Waals surface area contributed by atoms with Crippen LogP contribution < -0.4 is 10.6 Å². The molecule has 0 unspecified atom stereocenters. The van der Waals surface area contributed by atoms with Gasteiger partial charge < -0.3 is 10.6 Å². The van der Waals surface area contributed by atoms with Crippen LogP contribution in [-0.4, -0.2) is 36.5 Å². The van der Waals surface area contributed by atoms with E-state index in [1.807, 2.05) is 36.9 Å². The van der Waals surface area contributed by atoms with E-state index in [1.165, 1.54) is 0 Å². The molecular weight excluding hydrogens is 359 g/mol. The van der Waals surface area contributed by atoms with E-state index in [0.29, 0.717) is 6.54 Å². The summed E-state index contributed by atoms with van der Waals surface area (Å²) in [5, 5.41) is 6.48. The standard InChI is InChI=1S/C12H20N4S.HI/c1-10-5-4-6-11(16-10)9-15-12(13-2)14-7-8-17-3;/h4-6H,7-9H2,1-3H3,(H2,13,14,15);1H. The van der Waals surface area contributed by atoms with Gasteiger partial charge in [-0.1, -0.05) is 6.07 Å². The Balaban J connectivity index is 0.00000289. The van der Waals surface area contributed by atoms with Gasteiger partial charge in [0, 0.05) is 25.0 Å². The number of aryl methyl sites for hydroxylation is 1. The highest BCUT2D eigenvalue weighted by molar-refractivity contribution is 14.0. The number of thioether (sulfide) groups is 1. The molecule has 1 rings (SSSR count). The predicted molar refractivity (Wildman–Crippen MR) is 91.0 cm³/mol. The summed E-state index contributed by atoms with van der Waals surface area (Å²) in [6.07, 6.45) is 2.09. The molecule has 0 amide bonds. The maximum atomic E-state index is 4.43. The molecule has 18 heavy (non-hydrogen) atoms. The number of pyridine rings is 1. The van der Waals surface area contributed by atoms with Gasteiger partial charge in [-0.05, 0) is 25.3 Å². The molecule has 1 aromatic heterocycles. The fourth-order valence-electron chi connectivity index (χ4n) is 1.36. The van der Waals surface area contributed by atoms with Gasteiger partial charge in [0.1, 0.15) is 0 Å². The third-order valence-corrected chi connectivity index (χ3v) is 2.82. The van der Waals surface area contributed by atoms with Crippen LogP contribution in [0.3, 0.4) is 0 Å². The second-order valence-corrected chi connectivity index (χ2v) is 4.60. The van der Waals surface area contributed by atoms with Crippen molar-refractivity contribution in [3.63, 3.8) is 0 Å². The first kappa shape index (κ1) is 17.5. The van der Waals surface area contributed by atoms with Crippen molar-refractivity contribution in [2.45, 2.75) is 13.5 Å². The minimum absolute atomic E-state index is 0. The van der Waals surface area contributed by atoms with Gasteiger partial charge in [-0.15, -0.1) is 24.0 Å². The highest BCUT2D eigenvalue weighted by Crippen LogP contribution is 1.97. The second-order valence-electron chi connectivity index (χ2n) is 3.62. The topological polar surface area (TPSA) is 49.3 Å². The van der Waals surface area contributed by atoms with Crippen molar-refractivity contribution in [3.8, 4) is 0 Å². The summed E-state index contributed by atoms with van der Waals surface area (Å²) in [6.45, 7) is 3.61. The molecule has 1 heterocycles. The predicted octanol–water partition coefficient (Wildman–Crippen LogP) is 2.04. The molecule has 0 aliphatic heterocycles. The van der Waals surface area contributed by atoms with E-state index in [2.05, 4.69) is 26.9 Å². The number of aromatic nitrogens is 1. The van der Waals surface area contributed by atoms with Gasteiger partial charge in [0.2, 0.25) is 0 Å². The fraction of sp³-hybridized carbons (Fsp3) is 0.500. The van der Waals surface area contributed by atoms with Gasteiger partial charge in [-0.3, -0.25) is 9.98 Å². The summed E-state index contributed by atoms with van der Waals surface area (Å²) >= 11 is 1.81. The molecule has 6 heteroatoms.